The molecule has 44 heavy (non-hydrogen) atoms. The van der Waals surface area contributed by atoms with Crippen LogP contribution in [0.1, 0.15) is 21.9 Å². The zero-order chi connectivity index (χ0) is 30.5. The predicted molar refractivity (Wildman–Crippen MR) is 173 cm³/mol. The normalized spacial score (nSPS) is 19.1. The lowest BCUT2D eigenvalue weighted by Gasteiger charge is -2.31. The maximum atomic E-state index is 14.1. The average Bonchev–Trinajstić information content (AvgIpc) is 3.51. The maximum absolute atomic E-state index is 14.1. The SMILES string of the molecule is Cc1ccc(N2C(=O)C3Sc4[nH]c(=O)sc4[C@H](c4cc(Cl)ccc4OCC(=O)Nc4ccc5ccccc5c4)C3C2=O)cc1. The third-order valence-corrected chi connectivity index (χ3v) is 10.5. The number of imide groups is 1. The number of carbonyl (C=O) groups excluding carboxylic acids is 3. The Bertz CT molecular complexity index is 2020. The van der Waals surface area contributed by atoms with Gasteiger partial charge >= 0.3 is 4.87 Å². The van der Waals surface area contributed by atoms with Crippen LogP contribution in [0.15, 0.2) is 94.7 Å². The molecule has 2 aliphatic rings. The van der Waals surface area contributed by atoms with Crippen LogP contribution < -0.4 is 19.8 Å². The Morgan fingerprint density at radius 1 is 0.955 bits per heavy atom. The highest BCUT2D eigenvalue weighted by Gasteiger charge is 2.56. The van der Waals surface area contributed by atoms with E-state index in [1.807, 2.05) is 61.5 Å². The summed E-state index contributed by atoms with van der Waals surface area (Å²) in [4.78, 5) is 57.7. The molecule has 0 aliphatic carbocycles. The zero-order valence-corrected chi connectivity index (χ0v) is 25.6. The monoisotopic (exact) mass is 641 g/mol. The number of anilines is 2. The lowest BCUT2D eigenvalue weighted by molar-refractivity contribution is -0.122. The third-order valence-electron chi connectivity index (χ3n) is 7.81. The first-order valence-corrected chi connectivity index (χ1v) is 15.9. The van der Waals surface area contributed by atoms with Crippen LogP contribution in [0.2, 0.25) is 5.02 Å². The minimum atomic E-state index is -0.819. The van der Waals surface area contributed by atoms with Gasteiger partial charge in [-0.15, -0.1) is 0 Å². The number of aryl methyl sites for hydroxylation is 1. The molecule has 4 aromatic carbocycles. The van der Waals surface area contributed by atoms with Crippen molar-refractivity contribution in [3.8, 4) is 5.75 Å². The Balaban J connectivity index is 1.21. The molecule has 0 saturated carbocycles. The van der Waals surface area contributed by atoms with Crippen molar-refractivity contribution in [2.75, 3.05) is 16.8 Å². The maximum Gasteiger partial charge on any atom is 0.305 e. The van der Waals surface area contributed by atoms with Crippen LogP contribution in [-0.2, 0) is 14.4 Å². The van der Waals surface area contributed by atoms with E-state index in [0.717, 1.165) is 27.7 Å². The highest BCUT2D eigenvalue weighted by Crippen LogP contribution is 2.54. The van der Waals surface area contributed by atoms with E-state index in [-0.39, 0.29) is 29.2 Å². The fourth-order valence-electron chi connectivity index (χ4n) is 5.80. The number of halogens is 1. The number of hydrogen-bond donors (Lipinski definition) is 2. The van der Waals surface area contributed by atoms with E-state index in [4.69, 9.17) is 16.3 Å². The van der Waals surface area contributed by atoms with E-state index >= 15 is 0 Å². The van der Waals surface area contributed by atoms with Crippen molar-refractivity contribution >= 4 is 74.6 Å². The number of ether oxygens (including phenoxy) is 1. The van der Waals surface area contributed by atoms with E-state index in [0.29, 0.717) is 37.6 Å². The van der Waals surface area contributed by atoms with Crippen molar-refractivity contribution in [1.82, 2.24) is 4.98 Å². The minimum absolute atomic E-state index is 0.290. The van der Waals surface area contributed by atoms with Crippen molar-refractivity contribution in [3.05, 3.63) is 116 Å². The van der Waals surface area contributed by atoms with Crippen LogP contribution >= 0.6 is 34.7 Å². The molecule has 0 bridgehead atoms. The zero-order valence-electron chi connectivity index (χ0n) is 23.2. The molecule has 3 heterocycles. The quantitative estimate of drug-likeness (QED) is 0.209. The summed E-state index contributed by atoms with van der Waals surface area (Å²) >= 11 is 8.65. The first-order chi connectivity index (χ1) is 21.3. The number of rotatable bonds is 6. The van der Waals surface area contributed by atoms with Gasteiger partial charge in [0.05, 0.1) is 16.6 Å². The molecule has 1 aromatic heterocycles. The molecule has 2 N–H and O–H groups in total. The fourth-order valence-corrected chi connectivity index (χ4v) is 8.49. The first kappa shape index (κ1) is 28.4. The summed E-state index contributed by atoms with van der Waals surface area (Å²) in [5, 5.41) is 5.08. The molecular weight excluding hydrogens is 618 g/mol. The second-order valence-electron chi connectivity index (χ2n) is 10.7. The first-order valence-electron chi connectivity index (χ1n) is 13.8. The number of nitrogens with zero attached hydrogens (tertiary/aromatic N) is 1. The molecule has 0 radical (unpaired) electrons. The number of fused-ring (bicyclic) bond motifs is 3. The Hall–Kier alpha value is -4.38. The number of thioether (sulfide) groups is 1. The van der Waals surface area contributed by atoms with Crippen LogP contribution in [0.25, 0.3) is 10.8 Å². The van der Waals surface area contributed by atoms with Gasteiger partial charge in [0.2, 0.25) is 11.8 Å². The van der Waals surface area contributed by atoms with Gasteiger partial charge in [0.25, 0.3) is 5.91 Å². The summed E-state index contributed by atoms with van der Waals surface area (Å²) in [6.07, 6.45) is 0. The smallest absolute Gasteiger partial charge is 0.305 e. The number of nitrogens with one attached hydrogen (secondary N) is 2. The highest BCUT2D eigenvalue weighted by molar-refractivity contribution is 8.00. The van der Waals surface area contributed by atoms with Gasteiger partial charge in [-0.25, -0.2) is 4.90 Å². The Morgan fingerprint density at radius 3 is 2.52 bits per heavy atom. The molecule has 7 rings (SSSR count). The number of aromatic nitrogens is 1. The molecule has 3 atom stereocenters. The van der Waals surface area contributed by atoms with Crippen molar-refractivity contribution in [3.63, 3.8) is 0 Å². The van der Waals surface area contributed by atoms with Gasteiger partial charge in [-0.1, -0.05) is 82.7 Å². The molecular formula is C33H24ClN3O5S2. The van der Waals surface area contributed by atoms with Crippen molar-refractivity contribution in [2.24, 2.45) is 5.92 Å². The lowest BCUT2D eigenvalue weighted by atomic mass is 9.82. The van der Waals surface area contributed by atoms with Crippen LogP contribution in [-0.4, -0.2) is 34.6 Å². The van der Waals surface area contributed by atoms with Gasteiger partial charge in [-0.2, -0.15) is 0 Å². The lowest BCUT2D eigenvalue weighted by Crippen LogP contribution is -2.32. The number of benzene rings is 4. The summed E-state index contributed by atoms with van der Waals surface area (Å²) in [7, 11) is 0. The van der Waals surface area contributed by atoms with Crippen LogP contribution in [0.3, 0.4) is 0 Å². The predicted octanol–water partition coefficient (Wildman–Crippen LogP) is 6.36. The molecule has 0 spiro atoms. The Kier molecular flexibility index (Phi) is 7.28. The highest BCUT2D eigenvalue weighted by atomic mass is 35.5. The summed E-state index contributed by atoms with van der Waals surface area (Å²) in [5.74, 6) is -2.28. The molecule has 1 fully saturated rings. The van der Waals surface area contributed by atoms with Crippen molar-refractivity contribution < 1.29 is 19.1 Å². The molecule has 11 heteroatoms. The van der Waals surface area contributed by atoms with Gasteiger partial charge in [0.15, 0.2) is 6.61 Å². The van der Waals surface area contributed by atoms with E-state index < -0.39 is 17.1 Å². The van der Waals surface area contributed by atoms with Gasteiger partial charge in [-0.3, -0.25) is 19.2 Å². The second kappa shape index (κ2) is 11.3. The van der Waals surface area contributed by atoms with E-state index in [9.17, 15) is 19.2 Å². The second-order valence-corrected chi connectivity index (χ2v) is 13.3. The summed E-state index contributed by atoms with van der Waals surface area (Å²) in [6, 6.07) is 25.7. The topological polar surface area (TPSA) is 109 Å². The molecule has 5 aromatic rings. The average molecular weight is 642 g/mol. The number of hydrogen-bond acceptors (Lipinski definition) is 7. The molecule has 8 nitrogen and oxygen atoms in total. The van der Waals surface area contributed by atoms with Crippen LogP contribution in [0, 0.1) is 12.8 Å². The minimum Gasteiger partial charge on any atom is -0.483 e. The number of H-pyrrole nitrogens is 1. The summed E-state index contributed by atoms with van der Waals surface area (Å²) in [5.41, 5.74) is 2.65. The van der Waals surface area contributed by atoms with E-state index in [2.05, 4.69) is 10.3 Å². The molecule has 2 unspecified atom stereocenters. The fraction of sp³-hybridized carbons (Fsp3) is 0.152. The van der Waals surface area contributed by atoms with Crippen LogP contribution in [0.5, 0.6) is 5.75 Å². The Morgan fingerprint density at radius 2 is 1.73 bits per heavy atom. The number of amides is 3. The number of aromatic amines is 1. The van der Waals surface area contributed by atoms with Gasteiger partial charge in [0.1, 0.15) is 11.0 Å². The van der Waals surface area contributed by atoms with Gasteiger partial charge in [0, 0.05) is 27.1 Å². The molecule has 2 aliphatic heterocycles. The van der Waals surface area contributed by atoms with Gasteiger partial charge in [-0.05, 0) is 60.2 Å². The largest absolute Gasteiger partial charge is 0.483 e. The van der Waals surface area contributed by atoms with Crippen LogP contribution in [0.4, 0.5) is 11.4 Å². The molecule has 220 valence electrons. The van der Waals surface area contributed by atoms with Crippen molar-refractivity contribution in [2.45, 2.75) is 23.1 Å². The Labute approximate surface area is 265 Å². The standard InChI is InChI=1S/C33H24ClN3O5S2/c1-17-6-11-22(12-7-17)37-31(39)27-26(28-30(36-33(41)44-28)43-29(27)32(37)40)23-15-20(34)9-13-24(23)42-16-25(38)35-21-10-8-18-4-2-3-5-19(18)14-21/h2-15,26-27,29H,16H2,1H3,(H,35,38)(H,36,41)/t26-,27?,29?/m1/s1. The van der Waals surface area contributed by atoms with E-state index in [1.165, 1.54) is 16.7 Å². The van der Waals surface area contributed by atoms with Crippen molar-refractivity contribution in [1.29, 1.82) is 0 Å². The number of thiazole rings is 1. The third kappa shape index (κ3) is 5.08. The van der Waals surface area contributed by atoms with E-state index in [1.54, 1.807) is 30.3 Å². The molecule has 3 amide bonds. The van der Waals surface area contributed by atoms with Gasteiger partial charge < -0.3 is 15.0 Å². The summed E-state index contributed by atoms with van der Waals surface area (Å²) in [6.45, 7) is 1.62. The summed E-state index contributed by atoms with van der Waals surface area (Å²) < 4.78 is 6.05. The number of carbonyl (C=O) groups is 3. The molecule has 1 saturated heterocycles.